The predicted molar refractivity (Wildman–Crippen MR) is 81.7 cm³/mol. The van der Waals surface area contributed by atoms with Crippen molar-refractivity contribution in [2.24, 2.45) is 0 Å². The third-order valence-electron chi connectivity index (χ3n) is 3.58. The van der Waals surface area contributed by atoms with E-state index in [-0.39, 0.29) is 0 Å². The van der Waals surface area contributed by atoms with Gasteiger partial charge in [0, 0.05) is 28.6 Å². The number of aromatic nitrogens is 1. The average Bonchev–Trinajstić information content (AvgIpc) is 2.85. The van der Waals surface area contributed by atoms with Gasteiger partial charge in [0.15, 0.2) is 0 Å². The van der Waals surface area contributed by atoms with E-state index >= 15 is 0 Å². The second-order valence-electron chi connectivity index (χ2n) is 5.03. The lowest BCUT2D eigenvalue weighted by molar-refractivity contribution is 0.668. The molecule has 2 aromatic carbocycles. The number of furan rings is 1. The van der Waals surface area contributed by atoms with Gasteiger partial charge in [-0.15, -0.1) is 0 Å². The fourth-order valence-corrected chi connectivity index (χ4v) is 2.58. The lowest BCUT2D eigenvalue weighted by atomic mass is 10.1. The predicted octanol–water partition coefficient (Wildman–Crippen LogP) is 4.96. The van der Waals surface area contributed by atoms with Crippen molar-refractivity contribution >= 4 is 21.9 Å². The second-order valence-corrected chi connectivity index (χ2v) is 5.03. The number of fused-ring (bicyclic) bond motifs is 3. The molecule has 0 atom stereocenters. The van der Waals surface area contributed by atoms with Crippen LogP contribution in [0.5, 0.6) is 0 Å². The molecule has 0 saturated heterocycles. The van der Waals surface area contributed by atoms with E-state index in [2.05, 4.69) is 42.2 Å². The monoisotopic (exact) mass is 259 g/mol. The second kappa shape index (κ2) is 4.20. The van der Waals surface area contributed by atoms with Gasteiger partial charge in [-0.3, -0.25) is 4.98 Å². The fraction of sp³-hybridized carbons (Fsp3) is 0.0556. The van der Waals surface area contributed by atoms with Gasteiger partial charge in [0.1, 0.15) is 11.2 Å². The summed E-state index contributed by atoms with van der Waals surface area (Å²) in [4.78, 5) is 4.58. The zero-order valence-electron chi connectivity index (χ0n) is 11.1. The van der Waals surface area contributed by atoms with E-state index in [0.29, 0.717) is 0 Å². The molecular weight excluding hydrogens is 246 g/mol. The molecule has 2 heteroatoms. The Hall–Kier alpha value is -2.61. The van der Waals surface area contributed by atoms with E-state index in [1.54, 1.807) is 0 Å². The van der Waals surface area contributed by atoms with Gasteiger partial charge in [-0.1, -0.05) is 42.0 Å². The van der Waals surface area contributed by atoms with Gasteiger partial charge < -0.3 is 4.42 Å². The molecule has 4 rings (SSSR count). The number of benzene rings is 2. The van der Waals surface area contributed by atoms with Gasteiger partial charge >= 0.3 is 0 Å². The van der Waals surface area contributed by atoms with Crippen molar-refractivity contribution in [3.8, 4) is 11.3 Å². The number of rotatable bonds is 1. The van der Waals surface area contributed by atoms with E-state index in [1.165, 1.54) is 5.56 Å². The Bertz CT molecular complexity index is 921. The molecular formula is C18H13NO. The van der Waals surface area contributed by atoms with Crippen molar-refractivity contribution in [1.82, 2.24) is 4.98 Å². The summed E-state index contributed by atoms with van der Waals surface area (Å²) in [5.41, 5.74) is 5.09. The average molecular weight is 259 g/mol. The standard InChI is InChI=1S/C18H13NO/c1-12-5-4-6-13(9-12)16-10-18-15(11-19-16)14-7-2-3-8-17(14)20-18/h2-11H,1H3. The molecule has 0 radical (unpaired) electrons. The van der Waals surface area contributed by atoms with Crippen LogP contribution >= 0.6 is 0 Å². The number of nitrogens with zero attached hydrogens (tertiary/aromatic N) is 1. The number of para-hydroxylation sites is 1. The molecule has 0 N–H and O–H groups in total. The molecule has 0 aliphatic heterocycles. The third kappa shape index (κ3) is 1.69. The van der Waals surface area contributed by atoms with Crippen molar-refractivity contribution in [1.29, 1.82) is 0 Å². The van der Waals surface area contributed by atoms with Gasteiger partial charge in [0.2, 0.25) is 0 Å². The summed E-state index contributed by atoms with van der Waals surface area (Å²) in [7, 11) is 0. The van der Waals surface area contributed by atoms with Crippen LogP contribution in [0.2, 0.25) is 0 Å². The maximum absolute atomic E-state index is 5.90. The third-order valence-corrected chi connectivity index (χ3v) is 3.58. The van der Waals surface area contributed by atoms with Crippen LogP contribution in [-0.2, 0) is 0 Å². The first-order valence-electron chi connectivity index (χ1n) is 6.65. The van der Waals surface area contributed by atoms with Gasteiger partial charge in [-0.2, -0.15) is 0 Å². The zero-order chi connectivity index (χ0) is 13.5. The lowest BCUT2D eigenvalue weighted by Gasteiger charge is -2.01. The van der Waals surface area contributed by atoms with Crippen LogP contribution in [-0.4, -0.2) is 4.98 Å². The first kappa shape index (κ1) is 11.2. The maximum Gasteiger partial charge on any atom is 0.139 e. The Balaban J connectivity index is 1.97. The largest absolute Gasteiger partial charge is 0.456 e. The van der Waals surface area contributed by atoms with Crippen LogP contribution in [0.25, 0.3) is 33.2 Å². The Morgan fingerprint density at radius 3 is 2.65 bits per heavy atom. The summed E-state index contributed by atoms with van der Waals surface area (Å²) in [5, 5.41) is 2.18. The molecule has 2 nitrogen and oxygen atoms in total. The number of pyridine rings is 1. The summed E-state index contributed by atoms with van der Waals surface area (Å²) in [6.07, 6.45) is 1.90. The fourth-order valence-electron chi connectivity index (χ4n) is 2.58. The lowest BCUT2D eigenvalue weighted by Crippen LogP contribution is -1.83. The molecule has 0 aliphatic rings. The van der Waals surface area contributed by atoms with E-state index < -0.39 is 0 Å². The zero-order valence-corrected chi connectivity index (χ0v) is 11.1. The Kier molecular flexibility index (Phi) is 2.36. The molecule has 0 unspecified atom stereocenters. The highest BCUT2D eigenvalue weighted by Crippen LogP contribution is 2.30. The van der Waals surface area contributed by atoms with Crippen molar-refractivity contribution in [3.63, 3.8) is 0 Å². The summed E-state index contributed by atoms with van der Waals surface area (Å²) < 4.78 is 5.90. The quantitative estimate of drug-likeness (QED) is 0.483. The van der Waals surface area contributed by atoms with Gasteiger partial charge in [-0.05, 0) is 19.1 Å². The Morgan fingerprint density at radius 1 is 0.850 bits per heavy atom. The van der Waals surface area contributed by atoms with E-state index in [0.717, 1.165) is 33.2 Å². The van der Waals surface area contributed by atoms with Gasteiger partial charge in [-0.25, -0.2) is 0 Å². The molecule has 0 fully saturated rings. The van der Waals surface area contributed by atoms with E-state index in [9.17, 15) is 0 Å². The summed E-state index contributed by atoms with van der Waals surface area (Å²) in [6, 6.07) is 18.4. The first-order chi connectivity index (χ1) is 9.81. The van der Waals surface area contributed by atoms with Crippen molar-refractivity contribution in [2.45, 2.75) is 6.92 Å². The highest BCUT2D eigenvalue weighted by Gasteiger charge is 2.08. The first-order valence-corrected chi connectivity index (χ1v) is 6.65. The highest BCUT2D eigenvalue weighted by atomic mass is 16.3. The summed E-state index contributed by atoms with van der Waals surface area (Å²) in [5.74, 6) is 0. The summed E-state index contributed by atoms with van der Waals surface area (Å²) in [6.45, 7) is 2.09. The minimum atomic E-state index is 0.887. The van der Waals surface area contributed by atoms with Crippen molar-refractivity contribution in [2.75, 3.05) is 0 Å². The van der Waals surface area contributed by atoms with Crippen molar-refractivity contribution < 1.29 is 4.42 Å². The maximum atomic E-state index is 5.90. The molecule has 0 bridgehead atoms. The number of hydrogen-bond donors (Lipinski definition) is 0. The van der Waals surface area contributed by atoms with Gasteiger partial charge in [0.05, 0.1) is 5.69 Å². The molecule has 0 amide bonds. The molecule has 96 valence electrons. The normalized spacial score (nSPS) is 11.2. The van der Waals surface area contributed by atoms with Crippen LogP contribution in [0.4, 0.5) is 0 Å². The molecule has 2 aromatic heterocycles. The van der Waals surface area contributed by atoms with Crippen LogP contribution in [0.15, 0.2) is 65.2 Å². The minimum absolute atomic E-state index is 0.887. The Morgan fingerprint density at radius 2 is 1.75 bits per heavy atom. The Labute approximate surface area is 116 Å². The minimum Gasteiger partial charge on any atom is -0.456 e. The number of aryl methyl sites for hydroxylation is 1. The summed E-state index contributed by atoms with van der Waals surface area (Å²) >= 11 is 0. The highest BCUT2D eigenvalue weighted by molar-refractivity contribution is 6.05. The topological polar surface area (TPSA) is 26.0 Å². The molecule has 20 heavy (non-hydrogen) atoms. The van der Waals surface area contributed by atoms with Crippen molar-refractivity contribution in [3.05, 3.63) is 66.4 Å². The smallest absolute Gasteiger partial charge is 0.139 e. The van der Waals surface area contributed by atoms with E-state index in [1.807, 2.05) is 30.5 Å². The SMILES string of the molecule is Cc1cccc(-c2cc3oc4ccccc4c3cn2)c1. The van der Waals surface area contributed by atoms with Crippen LogP contribution in [0.3, 0.4) is 0 Å². The van der Waals surface area contributed by atoms with Crippen LogP contribution in [0, 0.1) is 6.92 Å². The van der Waals surface area contributed by atoms with Crippen LogP contribution in [0.1, 0.15) is 5.56 Å². The molecule has 4 aromatic rings. The number of hydrogen-bond acceptors (Lipinski definition) is 2. The molecule has 2 heterocycles. The van der Waals surface area contributed by atoms with E-state index in [4.69, 9.17) is 4.42 Å². The molecule has 0 saturated carbocycles. The molecule has 0 aliphatic carbocycles. The van der Waals surface area contributed by atoms with Gasteiger partial charge in [0.25, 0.3) is 0 Å². The van der Waals surface area contributed by atoms with Crippen LogP contribution < -0.4 is 0 Å². The molecule has 0 spiro atoms.